The Labute approximate surface area is 150 Å². The number of anilines is 1. The van der Waals surface area contributed by atoms with Gasteiger partial charge in [0, 0.05) is 5.56 Å². The predicted octanol–water partition coefficient (Wildman–Crippen LogP) is 3.98. The summed E-state index contributed by atoms with van der Waals surface area (Å²) >= 11 is 0. The van der Waals surface area contributed by atoms with Crippen molar-refractivity contribution in [2.24, 2.45) is 0 Å². The third kappa shape index (κ3) is 4.05. The molecule has 1 heterocycles. The van der Waals surface area contributed by atoms with Crippen molar-refractivity contribution in [1.29, 1.82) is 0 Å². The fourth-order valence-corrected chi connectivity index (χ4v) is 2.38. The first kappa shape index (κ1) is 17.6. The maximum atomic E-state index is 13.7. The second kappa shape index (κ2) is 7.77. The molecule has 1 amide bonds. The van der Waals surface area contributed by atoms with E-state index in [-0.39, 0.29) is 11.7 Å². The minimum atomic E-state index is -0.882. The van der Waals surface area contributed by atoms with E-state index >= 15 is 0 Å². The Hall–Kier alpha value is -3.22. The zero-order valence-electron chi connectivity index (χ0n) is 14.4. The lowest BCUT2D eigenvalue weighted by atomic mass is 10.1. The molecule has 0 aliphatic carbocycles. The fourth-order valence-electron chi connectivity index (χ4n) is 2.38. The van der Waals surface area contributed by atoms with Gasteiger partial charge >= 0.3 is 0 Å². The summed E-state index contributed by atoms with van der Waals surface area (Å²) in [6, 6.07) is 13.5. The number of hydrogen-bond donors (Lipinski definition) is 1. The second-order valence-electron chi connectivity index (χ2n) is 5.73. The number of halogens is 1. The third-order valence-electron chi connectivity index (χ3n) is 3.70. The van der Waals surface area contributed by atoms with Gasteiger partial charge < -0.3 is 9.26 Å². The molecular weight excluding hydrogens is 337 g/mol. The molecule has 1 atom stereocenters. The van der Waals surface area contributed by atoms with Crippen LogP contribution in [-0.2, 0) is 4.79 Å². The summed E-state index contributed by atoms with van der Waals surface area (Å²) in [6.45, 7) is 3.72. The predicted molar refractivity (Wildman–Crippen MR) is 94.2 cm³/mol. The molecule has 26 heavy (non-hydrogen) atoms. The summed E-state index contributed by atoms with van der Waals surface area (Å²) in [5, 5.41) is 6.29. The van der Waals surface area contributed by atoms with Gasteiger partial charge in [-0.3, -0.25) is 10.1 Å². The van der Waals surface area contributed by atoms with Gasteiger partial charge in [0.2, 0.25) is 0 Å². The highest BCUT2D eigenvalue weighted by atomic mass is 19.1. The van der Waals surface area contributed by atoms with Crippen LogP contribution in [0.15, 0.2) is 53.1 Å². The van der Waals surface area contributed by atoms with Crippen molar-refractivity contribution in [3.8, 4) is 17.2 Å². The number of benzene rings is 2. The van der Waals surface area contributed by atoms with E-state index in [0.717, 1.165) is 11.1 Å². The van der Waals surface area contributed by atoms with Crippen LogP contribution in [-0.4, -0.2) is 22.2 Å². The standard InChI is InChI=1S/C19H18FN3O3/c1-3-15(25-16-10-5-4-9-14(16)20)17(24)21-19-22-18(26-23-19)13-8-6-7-12(2)11-13/h4-11,15H,3H2,1-2H3,(H,21,23,24)/t15-/m0/s1. The molecule has 1 aromatic heterocycles. The van der Waals surface area contributed by atoms with Crippen LogP contribution in [0.25, 0.3) is 11.5 Å². The van der Waals surface area contributed by atoms with E-state index in [1.807, 2.05) is 31.2 Å². The van der Waals surface area contributed by atoms with E-state index in [0.29, 0.717) is 12.3 Å². The molecule has 0 unspecified atom stereocenters. The third-order valence-corrected chi connectivity index (χ3v) is 3.70. The Morgan fingerprint density at radius 2 is 2.08 bits per heavy atom. The molecule has 2 aromatic carbocycles. The van der Waals surface area contributed by atoms with Gasteiger partial charge in [-0.15, -0.1) is 0 Å². The van der Waals surface area contributed by atoms with Crippen molar-refractivity contribution in [3.05, 3.63) is 59.9 Å². The number of rotatable bonds is 6. The minimum Gasteiger partial charge on any atom is -0.478 e. The van der Waals surface area contributed by atoms with E-state index in [2.05, 4.69) is 15.5 Å². The van der Waals surface area contributed by atoms with E-state index in [1.165, 1.54) is 12.1 Å². The largest absolute Gasteiger partial charge is 0.478 e. The molecule has 6 nitrogen and oxygen atoms in total. The number of amides is 1. The lowest BCUT2D eigenvalue weighted by Gasteiger charge is -2.16. The monoisotopic (exact) mass is 355 g/mol. The fraction of sp³-hybridized carbons (Fsp3) is 0.211. The second-order valence-corrected chi connectivity index (χ2v) is 5.73. The zero-order valence-corrected chi connectivity index (χ0v) is 14.4. The summed E-state index contributed by atoms with van der Waals surface area (Å²) in [5.41, 5.74) is 1.81. The average molecular weight is 355 g/mol. The van der Waals surface area contributed by atoms with Gasteiger partial charge in [0.05, 0.1) is 0 Å². The summed E-state index contributed by atoms with van der Waals surface area (Å²) in [4.78, 5) is 16.5. The summed E-state index contributed by atoms with van der Waals surface area (Å²) in [6.07, 6.45) is -0.532. The van der Waals surface area contributed by atoms with Crippen LogP contribution in [0.3, 0.4) is 0 Å². The summed E-state index contributed by atoms with van der Waals surface area (Å²) < 4.78 is 24.3. The van der Waals surface area contributed by atoms with Crippen LogP contribution in [0.5, 0.6) is 5.75 Å². The van der Waals surface area contributed by atoms with Crippen molar-refractivity contribution in [2.75, 3.05) is 5.32 Å². The Morgan fingerprint density at radius 3 is 2.81 bits per heavy atom. The number of carbonyl (C=O) groups excluding carboxylic acids is 1. The molecule has 134 valence electrons. The van der Waals surface area contributed by atoms with Crippen LogP contribution in [0.2, 0.25) is 0 Å². The molecule has 0 spiro atoms. The van der Waals surface area contributed by atoms with Crippen molar-refractivity contribution in [2.45, 2.75) is 26.4 Å². The van der Waals surface area contributed by atoms with Gasteiger partial charge in [0.1, 0.15) is 0 Å². The lowest BCUT2D eigenvalue weighted by molar-refractivity contribution is -0.123. The van der Waals surface area contributed by atoms with Crippen LogP contribution in [0.4, 0.5) is 10.3 Å². The molecule has 7 heteroatoms. The van der Waals surface area contributed by atoms with Gasteiger partial charge in [-0.2, -0.15) is 4.98 Å². The Kier molecular flexibility index (Phi) is 5.26. The Balaban J connectivity index is 1.70. The highest BCUT2D eigenvalue weighted by molar-refractivity contribution is 5.92. The number of aryl methyl sites for hydroxylation is 1. The van der Waals surface area contributed by atoms with Crippen molar-refractivity contribution in [3.63, 3.8) is 0 Å². The number of hydrogen-bond acceptors (Lipinski definition) is 5. The molecule has 1 N–H and O–H groups in total. The van der Waals surface area contributed by atoms with Gasteiger partial charge in [-0.1, -0.05) is 36.8 Å². The van der Waals surface area contributed by atoms with Crippen molar-refractivity contribution < 1.29 is 18.4 Å². The molecule has 0 fully saturated rings. The first-order valence-corrected chi connectivity index (χ1v) is 8.19. The first-order chi connectivity index (χ1) is 12.6. The number of ether oxygens (including phenoxy) is 1. The molecule has 3 aromatic rings. The highest BCUT2D eigenvalue weighted by Crippen LogP contribution is 2.21. The molecule has 0 aliphatic heterocycles. The molecular formula is C19H18FN3O3. The number of nitrogens with zero attached hydrogens (tertiary/aromatic N) is 2. The van der Waals surface area contributed by atoms with E-state index in [9.17, 15) is 9.18 Å². The average Bonchev–Trinajstić information content (AvgIpc) is 3.09. The molecule has 0 aliphatic rings. The number of nitrogens with one attached hydrogen (secondary N) is 1. The maximum Gasteiger partial charge on any atom is 0.270 e. The SMILES string of the molecule is CC[C@H](Oc1ccccc1F)C(=O)Nc1noc(-c2cccc(C)c2)n1. The summed E-state index contributed by atoms with van der Waals surface area (Å²) in [7, 11) is 0. The maximum absolute atomic E-state index is 13.7. The quantitative estimate of drug-likeness (QED) is 0.724. The van der Waals surface area contributed by atoms with Gasteiger partial charge in [0.15, 0.2) is 17.7 Å². The first-order valence-electron chi connectivity index (χ1n) is 8.19. The number of para-hydroxylation sites is 1. The number of carbonyl (C=O) groups is 1. The van der Waals surface area contributed by atoms with Crippen LogP contribution in [0.1, 0.15) is 18.9 Å². The molecule has 0 bridgehead atoms. The highest BCUT2D eigenvalue weighted by Gasteiger charge is 2.22. The molecule has 0 saturated heterocycles. The topological polar surface area (TPSA) is 77.2 Å². The number of aromatic nitrogens is 2. The Bertz CT molecular complexity index is 910. The zero-order chi connectivity index (χ0) is 18.5. The molecule has 0 radical (unpaired) electrons. The van der Waals surface area contributed by atoms with Crippen molar-refractivity contribution >= 4 is 11.9 Å². The van der Waals surface area contributed by atoms with Crippen molar-refractivity contribution in [1.82, 2.24) is 10.1 Å². The van der Waals surface area contributed by atoms with Crippen LogP contribution >= 0.6 is 0 Å². The van der Waals surface area contributed by atoms with Gasteiger partial charge in [-0.25, -0.2) is 4.39 Å². The summed E-state index contributed by atoms with van der Waals surface area (Å²) in [5.74, 6) is -0.662. The van der Waals surface area contributed by atoms with E-state index in [1.54, 1.807) is 19.1 Å². The van der Waals surface area contributed by atoms with Gasteiger partial charge in [-0.05, 0) is 42.8 Å². The Morgan fingerprint density at radius 1 is 1.27 bits per heavy atom. The normalized spacial score (nSPS) is 11.8. The van der Waals surface area contributed by atoms with Crippen LogP contribution in [0, 0.1) is 12.7 Å². The van der Waals surface area contributed by atoms with Gasteiger partial charge in [0.25, 0.3) is 17.7 Å². The smallest absolute Gasteiger partial charge is 0.270 e. The minimum absolute atomic E-state index is 0.0167. The van der Waals surface area contributed by atoms with Crippen LogP contribution < -0.4 is 10.1 Å². The molecule has 3 rings (SSSR count). The van der Waals surface area contributed by atoms with E-state index in [4.69, 9.17) is 9.26 Å². The van der Waals surface area contributed by atoms with E-state index < -0.39 is 17.8 Å². The molecule has 0 saturated carbocycles. The lowest BCUT2D eigenvalue weighted by Crippen LogP contribution is -2.33.